The zero-order valence-electron chi connectivity index (χ0n) is 12.6. The average Bonchev–Trinajstić information content (AvgIpc) is 2.56. The summed E-state index contributed by atoms with van der Waals surface area (Å²) in [5, 5.41) is 11.4. The SMILES string of the molecule is CNS(=O)(=O)c1cc(NC(=O)c2ccc(C#N)cc2)ccc1C. The van der Waals surface area contributed by atoms with Crippen LogP contribution in [0.2, 0.25) is 0 Å². The molecule has 2 N–H and O–H groups in total. The Morgan fingerprint density at radius 1 is 1.13 bits per heavy atom. The lowest BCUT2D eigenvalue weighted by Crippen LogP contribution is -2.20. The van der Waals surface area contributed by atoms with Crippen LogP contribution in [0.3, 0.4) is 0 Å². The van der Waals surface area contributed by atoms with Crippen LogP contribution >= 0.6 is 0 Å². The van der Waals surface area contributed by atoms with Crippen molar-refractivity contribution in [2.24, 2.45) is 0 Å². The Balaban J connectivity index is 2.28. The Labute approximate surface area is 134 Å². The van der Waals surface area contributed by atoms with E-state index >= 15 is 0 Å². The maximum Gasteiger partial charge on any atom is 0.255 e. The van der Waals surface area contributed by atoms with E-state index in [1.807, 2.05) is 6.07 Å². The highest BCUT2D eigenvalue weighted by Crippen LogP contribution is 2.20. The zero-order valence-corrected chi connectivity index (χ0v) is 13.4. The quantitative estimate of drug-likeness (QED) is 0.896. The average molecular weight is 329 g/mol. The fraction of sp³-hybridized carbons (Fsp3) is 0.125. The molecule has 2 aromatic carbocycles. The third kappa shape index (κ3) is 3.74. The summed E-state index contributed by atoms with van der Waals surface area (Å²) in [7, 11) is -2.27. The molecule has 0 fully saturated rings. The molecule has 2 rings (SSSR count). The molecule has 0 saturated carbocycles. The van der Waals surface area contributed by atoms with Crippen molar-refractivity contribution in [3.8, 4) is 6.07 Å². The molecular weight excluding hydrogens is 314 g/mol. The smallest absolute Gasteiger partial charge is 0.255 e. The van der Waals surface area contributed by atoms with Gasteiger partial charge in [0.2, 0.25) is 10.0 Å². The molecule has 23 heavy (non-hydrogen) atoms. The number of nitrogens with zero attached hydrogens (tertiary/aromatic N) is 1. The van der Waals surface area contributed by atoms with E-state index in [-0.39, 0.29) is 10.8 Å². The Kier molecular flexibility index (Phi) is 4.79. The summed E-state index contributed by atoms with van der Waals surface area (Å²) in [6.45, 7) is 1.68. The van der Waals surface area contributed by atoms with Gasteiger partial charge in [-0.1, -0.05) is 6.07 Å². The number of aryl methyl sites for hydroxylation is 1. The first-order chi connectivity index (χ1) is 10.9. The van der Waals surface area contributed by atoms with Crippen molar-refractivity contribution in [3.63, 3.8) is 0 Å². The number of carbonyl (C=O) groups excluding carboxylic acids is 1. The number of benzene rings is 2. The molecule has 0 spiro atoms. The zero-order chi connectivity index (χ0) is 17.0. The Hall–Kier alpha value is -2.69. The molecule has 6 nitrogen and oxygen atoms in total. The first-order valence-corrected chi connectivity index (χ1v) is 8.21. The Morgan fingerprint density at radius 3 is 2.35 bits per heavy atom. The molecule has 0 aliphatic heterocycles. The molecule has 0 aliphatic rings. The lowest BCUT2D eigenvalue weighted by Gasteiger charge is -2.10. The number of carbonyl (C=O) groups is 1. The van der Waals surface area contributed by atoms with E-state index in [1.54, 1.807) is 31.2 Å². The lowest BCUT2D eigenvalue weighted by molar-refractivity contribution is 0.102. The molecule has 0 aliphatic carbocycles. The van der Waals surface area contributed by atoms with E-state index in [9.17, 15) is 13.2 Å². The number of amides is 1. The van der Waals surface area contributed by atoms with Crippen molar-refractivity contribution in [2.75, 3.05) is 12.4 Å². The van der Waals surface area contributed by atoms with Crippen molar-refractivity contribution in [1.82, 2.24) is 4.72 Å². The second kappa shape index (κ2) is 6.60. The molecule has 0 bridgehead atoms. The highest BCUT2D eigenvalue weighted by molar-refractivity contribution is 7.89. The second-order valence-corrected chi connectivity index (χ2v) is 6.69. The van der Waals surface area contributed by atoms with Crippen molar-refractivity contribution in [2.45, 2.75) is 11.8 Å². The van der Waals surface area contributed by atoms with Crippen molar-refractivity contribution in [1.29, 1.82) is 5.26 Å². The second-order valence-electron chi connectivity index (χ2n) is 4.83. The third-order valence-corrected chi connectivity index (χ3v) is 4.84. The predicted molar refractivity (Wildman–Crippen MR) is 86.5 cm³/mol. The molecule has 118 valence electrons. The number of anilines is 1. The Morgan fingerprint density at radius 2 is 1.78 bits per heavy atom. The van der Waals surface area contributed by atoms with Crippen molar-refractivity contribution >= 4 is 21.6 Å². The maximum absolute atomic E-state index is 12.2. The highest BCUT2D eigenvalue weighted by atomic mass is 32.2. The minimum Gasteiger partial charge on any atom is -0.322 e. The van der Waals surface area contributed by atoms with Crippen LogP contribution in [-0.2, 0) is 10.0 Å². The van der Waals surface area contributed by atoms with Gasteiger partial charge in [0.1, 0.15) is 0 Å². The third-order valence-electron chi connectivity index (χ3n) is 3.28. The summed E-state index contributed by atoms with van der Waals surface area (Å²) < 4.78 is 26.1. The van der Waals surface area contributed by atoms with Gasteiger partial charge in [-0.25, -0.2) is 13.1 Å². The van der Waals surface area contributed by atoms with Gasteiger partial charge in [-0.3, -0.25) is 4.79 Å². The summed E-state index contributed by atoms with van der Waals surface area (Å²) in [5.74, 6) is -0.383. The molecule has 1 amide bonds. The van der Waals surface area contributed by atoms with Gasteiger partial charge in [0.05, 0.1) is 16.5 Å². The van der Waals surface area contributed by atoms with Crippen molar-refractivity contribution < 1.29 is 13.2 Å². The van der Waals surface area contributed by atoms with Gasteiger partial charge < -0.3 is 5.32 Å². The Bertz CT molecular complexity index is 882. The lowest BCUT2D eigenvalue weighted by atomic mass is 10.1. The van der Waals surface area contributed by atoms with Gasteiger partial charge in [-0.2, -0.15) is 5.26 Å². The summed E-state index contributed by atoms with van der Waals surface area (Å²) in [6.07, 6.45) is 0. The van der Waals surface area contributed by atoms with Gasteiger partial charge in [-0.15, -0.1) is 0 Å². The van der Waals surface area contributed by atoms with Gasteiger partial charge in [0.25, 0.3) is 5.91 Å². The number of hydrogen-bond donors (Lipinski definition) is 2. The first kappa shape index (κ1) is 16.7. The molecule has 0 saturated heterocycles. The standard InChI is InChI=1S/C16H15N3O3S/c1-11-3-8-14(9-15(11)23(21,22)18-2)19-16(20)13-6-4-12(10-17)5-7-13/h3-9,18H,1-2H3,(H,19,20). The molecule has 0 aromatic heterocycles. The van der Waals surface area contributed by atoms with E-state index in [4.69, 9.17) is 5.26 Å². The number of nitriles is 1. The number of nitrogens with one attached hydrogen (secondary N) is 2. The molecule has 7 heteroatoms. The summed E-state index contributed by atoms with van der Waals surface area (Å²) in [6, 6.07) is 12.8. The number of rotatable bonds is 4. The maximum atomic E-state index is 12.2. The fourth-order valence-electron chi connectivity index (χ4n) is 1.98. The molecule has 0 unspecified atom stereocenters. The minimum absolute atomic E-state index is 0.109. The first-order valence-electron chi connectivity index (χ1n) is 6.73. The van der Waals surface area contributed by atoms with Crippen LogP contribution < -0.4 is 10.0 Å². The number of hydrogen-bond acceptors (Lipinski definition) is 4. The van der Waals surface area contributed by atoms with Crippen LogP contribution in [0, 0.1) is 18.3 Å². The van der Waals surface area contributed by atoms with Gasteiger partial charge in [-0.05, 0) is 55.9 Å². The fourth-order valence-corrected chi connectivity index (χ4v) is 2.97. The minimum atomic E-state index is -3.60. The summed E-state index contributed by atoms with van der Waals surface area (Å²) >= 11 is 0. The van der Waals surface area contributed by atoms with Gasteiger partial charge in [0.15, 0.2) is 0 Å². The van der Waals surface area contributed by atoms with Crippen LogP contribution in [0.1, 0.15) is 21.5 Å². The predicted octanol–water partition coefficient (Wildman–Crippen LogP) is 2.03. The van der Waals surface area contributed by atoms with Crippen LogP contribution in [0.4, 0.5) is 5.69 Å². The topological polar surface area (TPSA) is 99.1 Å². The van der Waals surface area contributed by atoms with Crippen molar-refractivity contribution in [3.05, 3.63) is 59.2 Å². The van der Waals surface area contributed by atoms with Gasteiger partial charge in [0, 0.05) is 11.3 Å². The van der Waals surface area contributed by atoms with E-state index in [0.717, 1.165) is 0 Å². The molecule has 2 aromatic rings. The largest absolute Gasteiger partial charge is 0.322 e. The van der Waals surface area contributed by atoms with Crippen LogP contribution in [-0.4, -0.2) is 21.4 Å². The molecule has 0 radical (unpaired) electrons. The summed E-state index contributed by atoms with van der Waals surface area (Å²) in [5.41, 5.74) is 1.79. The van der Waals surface area contributed by atoms with E-state index in [2.05, 4.69) is 10.0 Å². The summed E-state index contributed by atoms with van der Waals surface area (Å²) in [4.78, 5) is 12.3. The number of sulfonamides is 1. The molecule has 0 heterocycles. The van der Waals surface area contributed by atoms with Crippen LogP contribution in [0.15, 0.2) is 47.4 Å². The highest BCUT2D eigenvalue weighted by Gasteiger charge is 2.16. The van der Waals surface area contributed by atoms with E-state index in [0.29, 0.717) is 22.4 Å². The molecular formula is C16H15N3O3S. The molecule has 0 atom stereocenters. The monoisotopic (exact) mass is 329 g/mol. The van der Waals surface area contributed by atoms with E-state index < -0.39 is 10.0 Å². The van der Waals surface area contributed by atoms with Crippen LogP contribution in [0.5, 0.6) is 0 Å². The van der Waals surface area contributed by atoms with Crippen LogP contribution in [0.25, 0.3) is 0 Å². The normalized spacial score (nSPS) is 10.8. The van der Waals surface area contributed by atoms with Gasteiger partial charge >= 0.3 is 0 Å². The van der Waals surface area contributed by atoms with E-state index in [1.165, 1.54) is 25.2 Å².